The van der Waals surface area contributed by atoms with Gasteiger partial charge in [-0.25, -0.2) is 4.79 Å². The van der Waals surface area contributed by atoms with Crippen molar-refractivity contribution < 1.29 is 27.5 Å². The molecule has 0 saturated carbocycles. The molecule has 1 fully saturated rings. The molecule has 1 unspecified atom stereocenters. The summed E-state index contributed by atoms with van der Waals surface area (Å²) in [5, 5.41) is 0. The Morgan fingerprint density at radius 3 is 2.54 bits per heavy atom. The van der Waals surface area contributed by atoms with E-state index < -0.39 is 54.7 Å². The standard InChI is InChI=1S/C22H26F3N5O5/c1-35-9-5-8-29(20(33)15-10-16(31)28(12-15)13-22(23,24)25)17-18(26)30(21(34)27-19(17)32)11-14-6-3-2-4-7-14/h2-4,6-7,15H,5,8-13,26H2,1H3,(H,27,32,34). The molecule has 3 N–H and O–H groups in total. The highest BCUT2D eigenvalue weighted by Crippen LogP contribution is 2.27. The molecule has 2 heterocycles. The highest BCUT2D eigenvalue weighted by atomic mass is 19.4. The molecule has 1 aliphatic heterocycles. The van der Waals surface area contributed by atoms with Crippen LogP contribution in [0, 0.1) is 5.92 Å². The van der Waals surface area contributed by atoms with Crippen LogP contribution in [-0.2, 0) is 20.9 Å². The number of nitrogens with zero attached hydrogens (tertiary/aromatic N) is 3. The third kappa shape index (κ3) is 6.29. The monoisotopic (exact) mass is 497 g/mol. The van der Waals surface area contributed by atoms with Gasteiger partial charge in [-0.1, -0.05) is 30.3 Å². The number of anilines is 2. The number of hydrogen-bond donors (Lipinski definition) is 2. The van der Waals surface area contributed by atoms with Crippen LogP contribution >= 0.6 is 0 Å². The zero-order valence-corrected chi connectivity index (χ0v) is 19.0. The van der Waals surface area contributed by atoms with Gasteiger partial charge in [-0.15, -0.1) is 0 Å². The molecule has 13 heteroatoms. The molecule has 190 valence electrons. The van der Waals surface area contributed by atoms with Gasteiger partial charge in [-0.2, -0.15) is 13.2 Å². The lowest BCUT2D eigenvalue weighted by molar-refractivity contribution is -0.157. The van der Waals surface area contributed by atoms with Crippen LogP contribution in [0.2, 0.25) is 0 Å². The molecule has 1 aromatic carbocycles. The minimum atomic E-state index is -4.61. The quantitative estimate of drug-likeness (QED) is 0.496. The Labute approximate surface area is 198 Å². The van der Waals surface area contributed by atoms with E-state index in [0.29, 0.717) is 10.5 Å². The number of aromatic nitrogens is 2. The van der Waals surface area contributed by atoms with Gasteiger partial charge in [0.15, 0.2) is 5.69 Å². The summed E-state index contributed by atoms with van der Waals surface area (Å²) in [6, 6.07) is 8.80. The molecular formula is C22H26F3N5O5. The van der Waals surface area contributed by atoms with Crippen LogP contribution in [0.5, 0.6) is 0 Å². The van der Waals surface area contributed by atoms with Crippen LogP contribution < -0.4 is 21.9 Å². The molecule has 1 aromatic heterocycles. The first-order valence-electron chi connectivity index (χ1n) is 10.8. The van der Waals surface area contributed by atoms with Gasteiger partial charge >= 0.3 is 11.9 Å². The number of ether oxygens (including phenoxy) is 1. The van der Waals surface area contributed by atoms with Gasteiger partial charge in [0.2, 0.25) is 11.8 Å². The number of aromatic amines is 1. The second kappa shape index (κ2) is 10.8. The summed E-state index contributed by atoms with van der Waals surface area (Å²) in [5.41, 5.74) is 4.91. The molecule has 0 aliphatic carbocycles. The number of methoxy groups -OCH3 is 1. The van der Waals surface area contributed by atoms with E-state index in [-0.39, 0.29) is 37.6 Å². The average Bonchev–Trinajstić information content (AvgIpc) is 3.14. The number of likely N-dealkylation sites (tertiary alicyclic amines) is 1. The highest BCUT2D eigenvalue weighted by molar-refractivity contribution is 6.00. The Morgan fingerprint density at radius 2 is 1.91 bits per heavy atom. The Hall–Kier alpha value is -3.61. The largest absolute Gasteiger partial charge is 0.406 e. The number of alkyl halides is 3. The molecule has 3 rings (SSSR count). The van der Waals surface area contributed by atoms with Crippen LogP contribution in [0.25, 0.3) is 0 Å². The van der Waals surface area contributed by atoms with Crippen LogP contribution in [0.4, 0.5) is 24.7 Å². The summed E-state index contributed by atoms with van der Waals surface area (Å²) in [6.07, 6.45) is -4.77. The molecule has 2 amide bonds. The number of nitrogens with one attached hydrogen (secondary N) is 1. The SMILES string of the molecule is COCCCN(C(=O)C1CC(=O)N(CC(F)(F)F)C1)c1c(N)n(Cc2ccccc2)c(=O)[nH]c1=O. The van der Waals surface area contributed by atoms with Crippen LogP contribution in [0.1, 0.15) is 18.4 Å². The van der Waals surface area contributed by atoms with Crippen molar-refractivity contribution in [1.82, 2.24) is 14.5 Å². The van der Waals surface area contributed by atoms with Crippen molar-refractivity contribution in [2.24, 2.45) is 5.92 Å². The fraction of sp³-hybridized carbons (Fsp3) is 0.455. The maximum atomic E-state index is 13.4. The van der Waals surface area contributed by atoms with Crippen molar-refractivity contribution in [3.8, 4) is 0 Å². The van der Waals surface area contributed by atoms with E-state index in [2.05, 4.69) is 4.98 Å². The van der Waals surface area contributed by atoms with Gasteiger partial charge in [0, 0.05) is 33.2 Å². The maximum Gasteiger partial charge on any atom is 0.406 e. The Balaban J connectivity index is 1.97. The normalized spacial score (nSPS) is 16.1. The van der Waals surface area contributed by atoms with Gasteiger partial charge in [0.25, 0.3) is 5.56 Å². The zero-order chi connectivity index (χ0) is 25.8. The van der Waals surface area contributed by atoms with Gasteiger partial charge in [0.05, 0.1) is 12.5 Å². The minimum Gasteiger partial charge on any atom is -0.385 e. The molecule has 0 radical (unpaired) electrons. The Morgan fingerprint density at radius 1 is 1.23 bits per heavy atom. The number of carbonyl (C=O) groups excluding carboxylic acids is 2. The molecule has 10 nitrogen and oxygen atoms in total. The third-order valence-corrected chi connectivity index (χ3v) is 5.60. The van der Waals surface area contributed by atoms with Gasteiger partial charge < -0.3 is 20.3 Å². The number of carbonyl (C=O) groups is 2. The number of hydrogen-bond acceptors (Lipinski definition) is 6. The van der Waals surface area contributed by atoms with E-state index in [1.54, 1.807) is 30.3 Å². The van der Waals surface area contributed by atoms with E-state index in [1.807, 2.05) is 0 Å². The van der Waals surface area contributed by atoms with Crippen molar-refractivity contribution in [1.29, 1.82) is 0 Å². The second-order valence-electron chi connectivity index (χ2n) is 8.19. The highest BCUT2D eigenvalue weighted by Gasteiger charge is 2.42. The van der Waals surface area contributed by atoms with Crippen molar-refractivity contribution in [2.75, 3.05) is 44.0 Å². The molecule has 1 aliphatic rings. The van der Waals surface area contributed by atoms with E-state index in [9.17, 15) is 32.3 Å². The Bertz CT molecular complexity index is 1180. The molecular weight excluding hydrogens is 471 g/mol. The van der Waals surface area contributed by atoms with Gasteiger partial charge in [-0.05, 0) is 12.0 Å². The molecule has 0 bridgehead atoms. The van der Waals surface area contributed by atoms with Crippen molar-refractivity contribution in [3.63, 3.8) is 0 Å². The molecule has 1 atom stereocenters. The second-order valence-corrected chi connectivity index (χ2v) is 8.19. The maximum absolute atomic E-state index is 13.4. The lowest BCUT2D eigenvalue weighted by Gasteiger charge is -2.27. The molecule has 2 aromatic rings. The van der Waals surface area contributed by atoms with E-state index in [4.69, 9.17) is 10.5 Å². The topological polar surface area (TPSA) is 131 Å². The fourth-order valence-electron chi connectivity index (χ4n) is 3.99. The number of amides is 2. The number of benzene rings is 1. The first-order chi connectivity index (χ1) is 16.5. The molecule has 35 heavy (non-hydrogen) atoms. The minimum absolute atomic E-state index is 0.0106. The van der Waals surface area contributed by atoms with Gasteiger partial charge in [0.1, 0.15) is 12.4 Å². The third-order valence-electron chi connectivity index (χ3n) is 5.60. The van der Waals surface area contributed by atoms with E-state index in [0.717, 1.165) is 9.47 Å². The average molecular weight is 497 g/mol. The predicted molar refractivity (Wildman–Crippen MR) is 121 cm³/mol. The van der Waals surface area contributed by atoms with E-state index >= 15 is 0 Å². The van der Waals surface area contributed by atoms with Crippen molar-refractivity contribution in [2.45, 2.75) is 25.6 Å². The van der Waals surface area contributed by atoms with Crippen LogP contribution in [0.3, 0.4) is 0 Å². The van der Waals surface area contributed by atoms with Gasteiger partial charge in [-0.3, -0.25) is 23.9 Å². The summed E-state index contributed by atoms with van der Waals surface area (Å²) in [4.78, 5) is 54.5. The molecule has 1 saturated heterocycles. The number of nitrogen functional groups attached to an aromatic ring is 1. The first-order valence-corrected chi connectivity index (χ1v) is 10.8. The number of rotatable bonds is 9. The van der Waals surface area contributed by atoms with Crippen LogP contribution in [0.15, 0.2) is 39.9 Å². The van der Waals surface area contributed by atoms with Crippen LogP contribution in [-0.4, -0.2) is 65.8 Å². The first kappa shape index (κ1) is 26.0. The summed E-state index contributed by atoms with van der Waals surface area (Å²) in [7, 11) is 1.44. The van der Waals surface area contributed by atoms with Crippen molar-refractivity contribution in [3.05, 3.63) is 56.7 Å². The fourth-order valence-corrected chi connectivity index (χ4v) is 3.99. The molecule has 0 spiro atoms. The summed E-state index contributed by atoms with van der Waals surface area (Å²) >= 11 is 0. The predicted octanol–water partition coefficient (Wildman–Crippen LogP) is 0.947. The lowest BCUT2D eigenvalue weighted by Crippen LogP contribution is -2.45. The van der Waals surface area contributed by atoms with E-state index in [1.165, 1.54) is 7.11 Å². The Kier molecular flexibility index (Phi) is 7.99. The number of halogens is 3. The summed E-state index contributed by atoms with van der Waals surface area (Å²) in [5.74, 6) is -2.93. The van der Waals surface area contributed by atoms with Crippen molar-refractivity contribution >= 4 is 23.3 Å². The number of H-pyrrole nitrogens is 1. The lowest BCUT2D eigenvalue weighted by atomic mass is 10.1. The smallest absolute Gasteiger partial charge is 0.385 e. The number of nitrogens with two attached hydrogens (primary N) is 1. The summed E-state index contributed by atoms with van der Waals surface area (Å²) in [6.45, 7) is -1.75. The summed E-state index contributed by atoms with van der Waals surface area (Å²) < 4.78 is 44.5. The zero-order valence-electron chi connectivity index (χ0n) is 19.0.